The predicted molar refractivity (Wildman–Crippen MR) is 78.4 cm³/mol. The van der Waals surface area contributed by atoms with E-state index in [0.717, 1.165) is 25.0 Å². The van der Waals surface area contributed by atoms with Crippen LogP contribution < -0.4 is 10.1 Å². The van der Waals surface area contributed by atoms with Gasteiger partial charge in [-0.1, -0.05) is 0 Å². The molecule has 0 radical (unpaired) electrons. The highest BCUT2D eigenvalue weighted by Crippen LogP contribution is 2.32. The van der Waals surface area contributed by atoms with Crippen LogP contribution in [0.4, 0.5) is 4.39 Å². The lowest BCUT2D eigenvalue weighted by Gasteiger charge is -2.17. The van der Waals surface area contributed by atoms with Crippen LogP contribution in [0.15, 0.2) is 21.5 Å². The van der Waals surface area contributed by atoms with E-state index in [0.29, 0.717) is 13.0 Å². The van der Waals surface area contributed by atoms with E-state index in [1.165, 1.54) is 0 Å². The zero-order valence-corrected chi connectivity index (χ0v) is 13.9. The summed E-state index contributed by atoms with van der Waals surface area (Å²) in [5.41, 5.74) is 0. The Balaban J connectivity index is 2.29. The van der Waals surface area contributed by atoms with Crippen molar-refractivity contribution in [1.29, 1.82) is 0 Å². The van der Waals surface area contributed by atoms with Crippen LogP contribution in [-0.2, 0) is 13.8 Å². The van der Waals surface area contributed by atoms with Gasteiger partial charge >= 0.3 is 0 Å². The molecule has 1 heterocycles. The van der Waals surface area contributed by atoms with Crippen LogP contribution in [0.25, 0.3) is 0 Å². The molecule has 1 aromatic rings. The highest BCUT2D eigenvalue weighted by molar-refractivity contribution is 9.10. The Morgan fingerprint density at radius 1 is 1.38 bits per heavy atom. The fourth-order valence-electron chi connectivity index (χ4n) is 1.96. The van der Waals surface area contributed by atoms with Crippen molar-refractivity contribution < 1.29 is 22.3 Å². The number of rotatable bonds is 3. The molecule has 1 fully saturated rings. The fourth-order valence-corrected chi connectivity index (χ4v) is 3.46. The molecule has 1 unspecified atom stereocenters. The topological polar surface area (TPSA) is 72.5 Å². The summed E-state index contributed by atoms with van der Waals surface area (Å²) < 4.78 is 41.9. The molecule has 2 rings (SSSR count). The highest BCUT2D eigenvalue weighted by Gasteiger charge is 2.25. The van der Waals surface area contributed by atoms with Gasteiger partial charge in [-0.05, 0) is 41.3 Å². The zero-order chi connectivity index (χ0) is 15.6. The first-order valence-corrected chi connectivity index (χ1v) is 9.27. The second-order valence-corrected chi connectivity index (χ2v) is 7.93. The molecule has 0 spiro atoms. The normalized spacial score (nSPS) is 19.8. The molecule has 1 amide bonds. The Morgan fingerprint density at radius 2 is 2.10 bits per heavy atom. The van der Waals surface area contributed by atoms with Crippen molar-refractivity contribution in [2.24, 2.45) is 0 Å². The van der Waals surface area contributed by atoms with Crippen LogP contribution >= 0.6 is 26.6 Å². The average Bonchev–Trinajstić information content (AvgIpc) is 2.57. The minimum atomic E-state index is -4.19. The maximum absolute atomic E-state index is 13.8. The molecule has 0 aliphatic carbocycles. The van der Waals surface area contributed by atoms with E-state index in [2.05, 4.69) is 21.2 Å². The van der Waals surface area contributed by atoms with Crippen molar-refractivity contribution in [1.82, 2.24) is 5.32 Å². The summed E-state index contributed by atoms with van der Waals surface area (Å²) in [5, 5.41) is 2.69. The summed E-state index contributed by atoms with van der Waals surface area (Å²) in [6.45, 7) is 0.581. The lowest BCUT2D eigenvalue weighted by atomic mass is 10.2. The van der Waals surface area contributed by atoms with Crippen molar-refractivity contribution in [3.8, 4) is 5.75 Å². The Morgan fingerprint density at radius 3 is 2.76 bits per heavy atom. The molecular formula is C12H12BrClFNO4S. The van der Waals surface area contributed by atoms with Gasteiger partial charge < -0.3 is 10.1 Å². The number of amides is 1. The quantitative estimate of drug-likeness (QED) is 0.792. The van der Waals surface area contributed by atoms with E-state index < -0.39 is 25.9 Å². The second-order valence-electron chi connectivity index (χ2n) is 4.54. The third kappa shape index (κ3) is 4.08. The van der Waals surface area contributed by atoms with Crippen LogP contribution in [0.5, 0.6) is 5.75 Å². The Hall–Kier alpha value is -0.860. The van der Waals surface area contributed by atoms with Crippen molar-refractivity contribution in [3.05, 3.63) is 22.4 Å². The maximum Gasteiger partial charge on any atom is 0.264 e. The number of benzene rings is 1. The molecular weight excluding hydrogens is 389 g/mol. The number of carbonyl (C=O) groups excluding carboxylic acids is 1. The Labute approximate surface area is 134 Å². The van der Waals surface area contributed by atoms with E-state index in [1.54, 1.807) is 0 Å². The number of nitrogens with one attached hydrogen (secondary N) is 1. The van der Waals surface area contributed by atoms with E-state index >= 15 is 0 Å². The fraction of sp³-hybridized carbons (Fsp3) is 0.417. The van der Waals surface area contributed by atoms with Gasteiger partial charge in [0.25, 0.3) is 15.0 Å². The minimum Gasteiger partial charge on any atom is -0.479 e. The number of hydrogen-bond donors (Lipinski definition) is 1. The zero-order valence-electron chi connectivity index (χ0n) is 10.7. The van der Waals surface area contributed by atoms with Crippen LogP contribution in [0.2, 0.25) is 0 Å². The molecule has 1 saturated heterocycles. The molecule has 1 aliphatic heterocycles. The van der Waals surface area contributed by atoms with Gasteiger partial charge in [-0.25, -0.2) is 12.8 Å². The Bertz CT molecular complexity index is 667. The summed E-state index contributed by atoms with van der Waals surface area (Å²) in [4.78, 5) is 11.1. The molecule has 1 atom stereocenters. The third-order valence-corrected chi connectivity index (χ3v) is 4.96. The van der Waals surface area contributed by atoms with E-state index in [4.69, 9.17) is 15.4 Å². The standard InChI is InChI=1S/C12H12BrClFNO4S/c13-7-5-11(21(14,18)19)8(15)6-10(7)20-9-3-1-2-4-16-12(9)17/h5-6,9H,1-4H2,(H,16,17). The van der Waals surface area contributed by atoms with Crippen LogP contribution in [-0.4, -0.2) is 27.0 Å². The lowest BCUT2D eigenvalue weighted by Crippen LogP contribution is -2.36. The van der Waals surface area contributed by atoms with E-state index in [1.807, 2.05) is 0 Å². The van der Waals surface area contributed by atoms with Crippen molar-refractivity contribution in [3.63, 3.8) is 0 Å². The van der Waals surface area contributed by atoms with Crippen molar-refractivity contribution in [2.75, 3.05) is 6.54 Å². The third-order valence-electron chi connectivity index (χ3n) is 3.00. The van der Waals surface area contributed by atoms with Gasteiger partial charge in [0.2, 0.25) is 0 Å². The van der Waals surface area contributed by atoms with Crippen molar-refractivity contribution in [2.45, 2.75) is 30.3 Å². The van der Waals surface area contributed by atoms with Gasteiger partial charge in [-0.2, -0.15) is 0 Å². The molecule has 1 aliphatic rings. The first-order valence-electron chi connectivity index (χ1n) is 6.17. The number of carbonyl (C=O) groups is 1. The SMILES string of the molecule is O=C1NCCCCC1Oc1cc(F)c(S(=O)(=O)Cl)cc1Br. The van der Waals surface area contributed by atoms with Gasteiger partial charge in [0.05, 0.1) is 4.47 Å². The smallest absolute Gasteiger partial charge is 0.264 e. The first-order chi connectivity index (χ1) is 9.79. The van der Waals surface area contributed by atoms with Crippen LogP contribution in [0.1, 0.15) is 19.3 Å². The molecule has 0 bridgehead atoms. The molecule has 1 N–H and O–H groups in total. The van der Waals surface area contributed by atoms with E-state index in [9.17, 15) is 17.6 Å². The molecule has 5 nitrogen and oxygen atoms in total. The van der Waals surface area contributed by atoms with Crippen LogP contribution in [0, 0.1) is 5.82 Å². The number of halogens is 3. The molecule has 116 valence electrons. The summed E-state index contributed by atoms with van der Waals surface area (Å²) in [6.07, 6.45) is 1.43. The van der Waals surface area contributed by atoms with Crippen LogP contribution in [0.3, 0.4) is 0 Å². The number of hydrogen-bond acceptors (Lipinski definition) is 4. The molecule has 1 aromatic carbocycles. The van der Waals surface area contributed by atoms with Crippen molar-refractivity contribution >= 4 is 41.6 Å². The minimum absolute atomic E-state index is 0.0543. The van der Waals surface area contributed by atoms with Gasteiger partial charge in [0, 0.05) is 23.3 Å². The van der Waals surface area contributed by atoms with Gasteiger partial charge in [0.15, 0.2) is 6.10 Å². The molecule has 9 heteroatoms. The second kappa shape index (κ2) is 6.50. The highest BCUT2D eigenvalue weighted by atomic mass is 79.9. The largest absolute Gasteiger partial charge is 0.479 e. The summed E-state index contributed by atoms with van der Waals surface area (Å²) in [7, 11) is 0.941. The van der Waals surface area contributed by atoms with Gasteiger partial charge in [0.1, 0.15) is 16.5 Å². The van der Waals surface area contributed by atoms with E-state index in [-0.39, 0.29) is 16.1 Å². The summed E-state index contributed by atoms with van der Waals surface area (Å²) in [6, 6.07) is 1.92. The molecule has 0 aromatic heterocycles. The van der Waals surface area contributed by atoms with Gasteiger partial charge in [-0.15, -0.1) is 0 Å². The lowest BCUT2D eigenvalue weighted by molar-refractivity contribution is -0.127. The molecule has 0 saturated carbocycles. The van der Waals surface area contributed by atoms with Gasteiger partial charge in [-0.3, -0.25) is 4.79 Å². The maximum atomic E-state index is 13.8. The summed E-state index contributed by atoms with van der Waals surface area (Å²) in [5.74, 6) is -1.25. The monoisotopic (exact) mass is 399 g/mol. The molecule has 21 heavy (non-hydrogen) atoms. The first kappa shape index (κ1) is 16.5. The Kier molecular flexibility index (Phi) is 5.11. The average molecular weight is 401 g/mol. The predicted octanol–water partition coefficient (Wildman–Crippen LogP) is 2.56. The summed E-state index contributed by atoms with van der Waals surface area (Å²) >= 11 is 3.09. The number of ether oxygens (including phenoxy) is 1.